The fourth-order valence-corrected chi connectivity index (χ4v) is 4.42. The first-order valence-corrected chi connectivity index (χ1v) is 11.4. The molecule has 4 aromatic rings. The number of hydrogen-bond acceptors (Lipinski definition) is 5. The van der Waals surface area contributed by atoms with Crippen LogP contribution in [0.2, 0.25) is 5.02 Å². The number of nitrogens with zero attached hydrogens (tertiary/aromatic N) is 3. The molecular weight excluding hydrogens is 444 g/mol. The number of H-pyrrole nitrogens is 1. The second-order valence-electron chi connectivity index (χ2n) is 8.67. The van der Waals surface area contributed by atoms with Crippen molar-refractivity contribution in [3.05, 3.63) is 75.5 Å². The number of benzene rings is 2. The van der Waals surface area contributed by atoms with Crippen molar-refractivity contribution in [3.63, 3.8) is 0 Å². The molecule has 0 atom stereocenters. The Morgan fingerprint density at radius 2 is 1.78 bits per heavy atom. The van der Waals surface area contributed by atoms with Crippen LogP contribution in [0.15, 0.2) is 64.5 Å². The lowest BCUT2D eigenvalue weighted by atomic mass is 9.93. The Hall–Kier alpha value is -2.77. The Balaban J connectivity index is 1.75. The summed E-state index contributed by atoms with van der Waals surface area (Å²) in [6.45, 7) is 10.2. The Labute approximate surface area is 196 Å². The highest BCUT2D eigenvalue weighted by atomic mass is 35.5. The van der Waals surface area contributed by atoms with Gasteiger partial charge < -0.3 is 4.74 Å². The minimum Gasteiger partial charge on any atom is -0.485 e. The van der Waals surface area contributed by atoms with E-state index in [4.69, 9.17) is 21.3 Å². The number of para-hydroxylation sites is 1. The number of fused-ring (bicyclic) bond motifs is 1. The quantitative estimate of drug-likeness (QED) is 0.363. The molecule has 6 nitrogen and oxygen atoms in total. The molecule has 0 aliphatic carbocycles. The number of hydrogen-bond donors (Lipinski definition) is 1. The summed E-state index contributed by atoms with van der Waals surface area (Å²) in [6, 6.07) is 16.9. The van der Waals surface area contributed by atoms with E-state index < -0.39 is 10.3 Å². The summed E-state index contributed by atoms with van der Waals surface area (Å²) in [7, 11) is 0. The van der Waals surface area contributed by atoms with Gasteiger partial charge in [0.1, 0.15) is 11.4 Å². The molecule has 166 valence electrons. The topological polar surface area (TPSA) is 72.3 Å². The van der Waals surface area contributed by atoms with Crippen LogP contribution in [0.3, 0.4) is 0 Å². The highest BCUT2D eigenvalue weighted by Crippen LogP contribution is 2.43. The highest BCUT2D eigenvalue weighted by molar-refractivity contribution is 8.00. The SMILES string of the molecule is Cc1cccc(-c2nc(SC(C)(C)C(C)(C)Oc3ccccc3Cl)n3[nH]c(=O)cc3n2)c1. The number of aryl methyl sites for hydroxylation is 1. The fraction of sp³-hybridized carbons (Fsp3) is 0.292. The van der Waals surface area contributed by atoms with E-state index in [1.165, 1.54) is 17.8 Å². The van der Waals surface area contributed by atoms with Crippen molar-refractivity contribution in [3.8, 4) is 17.1 Å². The highest BCUT2D eigenvalue weighted by Gasteiger charge is 2.42. The van der Waals surface area contributed by atoms with Crippen molar-refractivity contribution >= 4 is 29.0 Å². The van der Waals surface area contributed by atoms with E-state index in [0.717, 1.165) is 11.1 Å². The van der Waals surface area contributed by atoms with Crippen LogP contribution in [-0.4, -0.2) is 29.9 Å². The Bertz CT molecular complexity index is 1340. The van der Waals surface area contributed by atoms with Crippen LogP contribution in [-0.2, 0) is 0 Å². The lowest BCUT2D eigenvalue weighted by Gasteiger charge is -2.40. The van der Waals surface area contributed by atoms with E-state index in [9.17, 15) is 4.79 Å². The Kier molecular flexibility index (Phi) is 5.81. The van der Waals surface area contributed by atoms with Gasteiger partial charge in [-0.15, -0.1) is 0 Å². The van der Waals surface area contributed by atoms with Crippen LogP contribution < -0.4 is 10.3 Å². The Morgan fingerprint density at radius 3 is 2.50 bits per heavy atom. The summed E-state index contributed by atoms with van der Waals surface area (Å²) >= 11 is 7.83. The zero-order chi connectivity index (χ0) is 23.1. The molecule has 0 fully saturated rings. The predicted octanol–water partition coefficient (Wildman–Crippen LogP) is 5.77. The molecule has 4 rings (SSSR count). The van der Waals surface area contributed by atoms with Crippen molar-refractivity contribution in [2.75, 3.05) is 0 Å². The standard InChI is InChI=1S/C24H25ClN4O2S/c1-15-9-8-10-16(13-15)21-26-19-14-20(30)28-29(19)22(27-21)32-24(4,5)23(2,3)31-18-12-7-6-11-17(18)25/h6-14H,1-5H3,(H,28,30). The molecule has 2 aromatic carbocycles. The third-order valence-corrected chi connectivity index (χ3v) is 7.37. The average molecular weight is 469 g/mol. The van der Waals surface area contributed by atoms with Gasteiger partial charge in [0.2, 0.25) is 0 Å². The van der Waals surface area contributed by atoms with Gasteiger partial charge in [-0.25, -0.2) is 14.5 Å². The van der Waals surface area contributed by atoms with Crippen LogP contribution in [0, 0.1) is 6.92 Å². The normalized spacial score (nSPS) is 12.3. The van der Waals surface area contributed by atoms with Gasteiger partial charge in [0.05, 0.1) is 9.77 Å². The predicted molar refractivity (Wildman–Crippen MR) is 130 cm³/mol. The molecule has 8 heteroatoms. The summed E-state index contributed by atoms with van der Waals surface area (Å²) in [6.07, 6.45) is 0. The first kappa shape index (κ1) is 22.4. The number of aromatic amines is 1. The number of aromatic nitrogens is 4. The molecule has 0 unspecified atom stereocenters. The molecule has 0 amide bonds. The van der Waals surface area contributed by atoms with Gasteiger partial charge in [-0.3, -0.25) is 9.89 Å². The van der Waals surface area contributed by atoms with E-state index in [2.05, 4.69) is 23.9 Å². The van der Waals surface area contributed by atoms with Crippen LogP contribution in [0.25, 0.3) is 17.0 Å². The summed E-state index contributed by atoms with van der Waals surface area (Å²) in [4.78, 5) is 21.5. The third-order valence-electron chi connectivity index (χ3n) is 5.60. The van der Waals surface area contributed by atoms with Crippen molar-refractivity contribution in [2.45, 2.75) is 50.1 Å². The monoisotopic (exact) mass is 468 g/mol. The molecule has 2 heterocycles. The van der Waals surface area contributed by atoms with E-state index in [-0.39, 0.29) is 5.56 Å². The molecule has 0 spiro atoms. The minimum absolute atomic E-state index is 0.230. The van der Waals surface area contributed by atoms with E-state index in [1.54, 1.807) is 10.6 Å². The van der Waals surface area contributed by atoms with Crippen molar-refractivity contribution in [1.29, 1.82) is 0 Å². The van der Waals surface area contributed by atoms with Crippen molar-refractivity contribution in [1.82, 2.24) is 19.6 Å². The molecule has 0 radical (unpaired) electrons. The molecule has 0 saturated heterocycles. The second-order valence-corrected chi connectivity index (χ2v) is 10.7. The van der Waals surface area contributed by atoms with Gasteiger partial charge in [-0.2, -0.15) is 0 Å². The van der Waals surface area contributed by atoms with Gasteiger partial charge in [0.25, 0.3) is 5.56 Å². The van der Waals surface area contributed by atoms with Crippen molar-refractivity contribution < 1.29 is 4.74 Å². The molecule has 0 aliphatic rings. The molecule has 0 aliphatic heterocycles. The average Bonchev–Trinajstić information content (AvgIpc) is 3.10. The number of nitrogens with one attached hydrogen (secondary N) is 1. The molecule has 0 bridgehead atoms. The maximum atomic E-state index is 12.1. The van der Waals surface area contributed by atoms with E-state index >= 15 is 0 Å². The number of thioether (sulfide) groups is 1. The molecular formula is C24H25ClN4O2S. The van der Waals surface area contributed by atoms with Gasteiger partial charge in [0, 0.05) is 11.6 Å². The summed E-state index contributed by atoms with van der Waals surface area (Å²) < 4.78 is 7.50. The van der Waals surface area contributed by atoms with Gasteiger partial charge in [-0.1, -0.05) is 59.3 Å². The Morgan fingerprint density at radius 1 is 1.03 bits per heavy atom. The lowest BCUT2D eigenvalue weighted by molar-refractivity contribution is 0.0769. The minimum atomic E-state index is -0.628. The summed E-state index contributed by atoms with van der Waals surface area (Å²) in [5.41, 5.74) is 1.67. The summed E-state index contributed by atoms with van der Waals surface area (Å²) in [5, 5.41) is 3.98. The third kappa shape index (κ3) is 4.40. The van der Waals surface area contributed by atoms with E-state index in [0.29, 0.717) is 27.4 Å². The zero-order valence-corrected chi connectivity index (χ0v) is 20.2. The largest absolute Gasteiger partial charge is 0.485 e. The first-order chi connectivity index (χ1) is 15.1. The van der Waals surface area contributed by atoms with Crippen LogP contribution in [0.1, 0.15) is 33.3 Å². The molecule has 0 saturated carbocycles. The van der Waals surface area contributed by atoms with Gasteiger partial charge in [0.15, 0.2) is 16.6 Å². The van der Waals surface area contributed by atoms with Crippen LogP contribution >= 0.6 is 23.4 Å². The fourth-order valence-electron chi connectivity index (χ4n) is 3.14. The second kappa shape index (κ2) is 8.30. The van der Waals surface area contributed by atoms with Crippen LogP contribution in [0.5, 0.6) is 5.75 Å². The van der Waals surface area contributed by atoms with Crippen LogP contribution in [0.4, 0.5) is 0 Å². The van der Waals surface area contributed by atoms with E-state index in [1.807, 2.05) is 63.2 Å². The zero-order valence-electron chi connectivity index (χ0n) is 18.6. The van der Waals surface area contributed by atoms with Crippen molar-refractivity contribution in [2.24, 2.45) is 0 Å². The van der Waals surface area contributed by atoms with Gasteiger partial charge in [-0.05, 0) is 52.8 Å². The maximum absolute atomic E-state index is 12.1. The smallest absolute Gasteiger partial charge is 0.266 e. The number of rotatable bonds is 6. The van der Waals surface area contributed by atoms with Gasteiger partial charge >= 0.3 is 0 Å². The summed E-state index contributed by atoms with van der Waals surface area (Å²) in [5.74, 6) is 1.19. The maximum Gasteiger partial charge on any atom is 0.266 e. The lowest BCUT2D eigenvalue weighted by Crippen LogP contribution is -2.47. The molecule has 32 heavy (non-hydrogen) atoms. The number of halogens is 1. The first-order valence-electron chi connectivity index (χ1n) is 10.3. The molecule has 1 N–H and O–H groups in total. The number of ether oxygens (including phenoxy) is 1. The molecule has 2 aromatic heterocycles.